The quantitative estimate of drug-likeness (QED) is 0.423. The number of hydrogen-bond donors (Lipinski definition) is 2. The first-order chi connectivity index (χ1) is 13.4. The average molecular weight is 389 g/mol. The SMILES string of the molecule is Cc1cc(C)c(NC(c2cccs2)c2ccc3ccc(C)nc3c2O)c(C)c1. The summed E-state index contributed by atoms with van der Waals surface area (Å²) >= 11 is 1.68. The van der Waals surface area contributed by atoms with Crippen LogP contribution in [-0.4, -0.2) is 10.1 Å². The Hall–Kier alpha value is -2.85. The molecule has 0 aliphatic heterocycles. The first kappa shape index (κ1) is 18.5. The highest BCUT2D eigenvalue weighted by Gasteiger charge is 2.22. The summed E-state index contributed by atoms with van der Waals surface area (Å²) in [6, 6.07) is 16.4. The van der Waals surface area contributed by atoms with Gasteiger partial charge in [0.25, 0.3) is 0 Å². The molecule has 0 amide bonds. The number of nitrogens with one attached hydrogen (secondary N) is 1. The predicted octanol–water partition coefficient (Wildman–Crippen LogP) is 6.44. The highest BCUT2D eigenvalue weighted by Crippen LogP contribution is 2.39. The Kier molecular flexibility index (Phi) is 4.82. The molecule has 0 aliphatic carbocycles. The normalized spacial score (nSPS) is 12.3. The third kappa shape index (κ3) is 3.36. The molecule has 4 rings (SSSR count). The zero-order valence-electron chi connectivity index (χ0n) is 16.6. The van der Waals surface area contributed by atoms with Gasteiger partial charge in [0.05, 0.1) is 6.04 Å². The Labute approximate surface area is 169 Å². The van der Waals surface area contributed by atoms with Gasteiger partial charge >= 0.3 is 0 Å². The summed E-state index contributed by atoms with van der Waals surface area (Å²) in [5.74, 6) is 0.245. The van der Waals surface area contributed by atoms with Crippen molar-refractivity contribution in [1.82, 2.24) is 4.98 Å². The number of pyridine rings is 1. The Morgan fingerprint density at radius 2 is 1.68 bits per heavy atom. The standard InChI is InChI=1S/C24H24N2OS/c1-14-12-15(2)21(16(3)13-14)26-23(20-6-5-11-28-20)19-10-9-18-8-7-17(4)25-22(18)24(19)27/h5-13,23,26-27H,1-4H3. The van der Waals surface area contributed by atoms with Gasteiger partial charge in [0, 0.05) is 27.2 Å². The van der Waals surface area contributed by atoms with Crippen molar-refractivity contribution in [2.24, 2.45) is 0 Å². The van der Waals surface area contributed by atoms with Crippen molar-refractivity contribution in [3.63, 3.8) is 0 Å². The van der Waals surface area contributed by atoms with E-state index in [9.17, 15) is 5.11 Å². The number of anilines is 1. The van der Waals surface area contributed by atoms with Gasteiger partial charge < -0.3 is 10.4 Å². The molecule has 0 spiro atoms. The topological polar surface area (TPSA) is 45.2 Å². The number of aromatic hydroxyl groups is 1. The molecule has 3 nitrogen and oxygen atoms in total. The smallest absolute Gasteiger partial charge is 0.147 e. The van der Waals surface area contributed by atoms with E-state index in [4.69, 9.17) is 0 Å². The van der Waals surface area contributed by atoms with E-state index in [1.54, 1.807) is 11.3 Å². The Bertz CT molecular complexity index is 1130. The van der Waals surface area contributed by atoms with E-state index in [-0.39, 0.29) is 11.8 Å². The maximum atomic E-state index is 11.1. The minimum absolute atomic E-state index is 0.146. The minimum atomic E-state index is -0.146. The fraction of sp³-hybridized carbons (Fsp3) is 0.208. The second kappa shape index (κ2) is 7.28. The van der Waals surface area contributed by atoms with Crippen LogP contribution >= 0.6 is 11.3 Å². The van der Waals surface area contributed by atoms with E-state index in [1.165, 1.54) is 16.7 Å². The van der Waals surface area contributed by atoms with Crippen molar-refractivity contribution < 1.29 is 5.11 Å². The van der Waals surface area contributed by atoms with Crippen molar-refractivity contribution in [2.45, 2.75) is 33.7 Å². The van der Waals surface area contributed by atoms with Crippen LogP contribution in [0.15, 0.2) is 53.9 Å². The number of phenolic OH excluding ortho intramolecular Hbond substituents is 1. The highest BCUT2D eigenvalue weighted by molar-refractivity contribution is 7.10. The Morgan fingerprint density at radius 3 is 2.36 bits per heavy atom. The summed E-state index contributed by atoms with van der Waals surface area (Å²) in [5.41, 5.74) is 7.15. The van der Waals surface area contributed by atoms with Crippen molar-refractivity contribution in [3.05, 3.63) is 86.7 Å². The van der Waals surface area contributed by atoms with Crippen LogP contribution in [0.25, 0.3) is 10.9 Å². The number of fused-ring (bicyclic) bond motifs is 1. The summed E-state index contributed by atoms with van der Waals surface area (Å²) in [7, 11) is 0. The minimum Gasteiger partial charge on any atom is -0.505 e. The summed E-state index contributed by atoms with van der Waals surface area (Å²) in [6.45, 7) is 8.31. The number of thiophene rings is 1. The Balaban J connectivity index is 1.87. The molecule has 1 unspecified atom stereocenters. The lowest BCUT2D eigenvalue weighted by Crippen LogP contribution is -2.13. The van der Waals surface area contributed by atoms with Gasteiger partial charge in [-0.15, -0.1) is 11.3 Å². The largest absolute Gasteiger partial charge is 0.505 e. The zero-order valence-corrected chi connectivity index (χ0v) is 17.4. The van der Waals surface area contributed by atoms with Gasteiger partial charge in [0.1, 0.15) is 11.3 Å². The Morgan fingerprint density at radius 1 is 0.964 bits per heavy atom. The van der Waals surface area contributed by atoms with Gasteiger partial charge in [-0.3, -0.25) is 0 Å². The number of aromatic nitrogens is 1. The van der Waals surface area contributed by atoms with Crippen LogP contribution in [0.4, 0.5) is 5.69 Å². The van der Waals surface area contributed by atoms with Gasteiger partial charge in [0.15, 0.2) is 0 Å². The lowest BCUT2D eigenvalue weighted by Gasteiger charge is -2.24. The fourth-order valence-corrected chi connectivity index (χ4v) is 4.62. The second-order valence-corrected chi connectivity index (χ2v) is 8.37. The molecular weight excluding hydrogens is 364 g/mol. The van der Waals surface area contributed by atoms with Gasteiger partial charge in [-0.2, -0.15) is 0 Å². The molecule has 2 heterocycles. The number of hydrogen-bond acceptors (Lipinski definition) is 4. The lowest BCUT2D eigenvalue weighted by atomic mass is 9.99. The predicted molar refractivity (Wildman–Crippen MR) is 119 cm³/mol. The summed E-state index contributed by atoms with van der Waals surface area (Å²) < 4.78 is 0. The van der Waals surface area contributed by atoms with E-state index in [2.05, 4.69) is 54.7 Å². The van der Waals surface area contributed by atoms with Crippen molar-refractivity contribution in [1.29, 1.82) is 0 Å². The zero-order chi connectivity index (χ0) is 19.8. The number of rotatable bonds is 4. The molecule has 0 saturated heterocycles. The van der Waals surface area contributed by atoms with Crippen molar-refractivity contribution in [2.75, 3.05) is 5.32 Å². The van der Waals surface area contributed by atoms with Gasteiger partial charge in [-0.1, -0.05) is 42.0 Å². The molecule has 2 N–H and O–H groups in total. The number of benzene rings is 2. The molecular formula is C24H24N2OS. The van der Waals surface area contributed by atoms with Crippen LogP contribution in [0, 0.1) is 27.7 Å². The maximum absolute atomic E-state index is 11.1. The van der Waals surface area contributed by atoms with Gasteiger partial charge in [0.2, 0.25) is 0 Å². The molecule has 0 fully saturated rings. The van der Waals surface area contributed by atoms with Crippen LogP contribution in [-0.2, 0) is 0 Å². The monoisotopic (exact) mass is 388 g/mol. The number of phenols is 1. The van der Waals surface area contributed by atoms with Crippen molar-refractivity contribution >= 4 is 27.9 Å². The third-order valence-electron chi connectivity index (χ3n) is 5.11. The van der Waals surface area contributed by atoms with E-state index in [0.717, 1.165) is 27.2 Å². The van der Waals surface area contributed by atoms with E-state index in [1.807, 2.05) is 37.3 Å². The second-order valence-electron chi connectivity index (χ2n) is 7.39. The van der Waals surface area contributed by atoms with E-state index >= 15 is 0 Å². The van der Waals surface area contributed by atoms with E-state index in [0.29, 0.717) is 5.52 Å². The maximum Gasteiger partial charge on any atom is 0.147 e. The molecule has 4 aromatic rings. The molecule has 0 radical (unpaired) electrons. The number of aryl methyl sites for hydroxylation is 4. The van der Waals surface area contributed by atoms with Crippen LogP contribution < -0.4 is 5.32 Å². The summed E-state index contributed by atoms with van der Waals surface area (Å²) in [5, 5.41) is 17.8. The first-order valence-electron chi connectivity index (χ1n) is 9.41. The van der Waals surface area contributed by atoms with E-state index < -0.39 is 0 Å². The summed E-state index contributed by atoms with van der Waals surface area (Å²) in [4.78, 5) is 5.73. The van der Waals surface area contributed by atoms with Crippen molar-refractivity contribution in [3.8, 4) is 5.75 Å². The first-order valence-corrected chi connectivity index (χ1v) is 10.3. The highest BCUT2D eigenvalue weighted by atomic mass is 32.1. The van der Waals surface area contributed by atoms with Crippen LogP contribution in [0.2, 0.25) is 0 Å². The van der Waals surface area contributed by atoms with Crippen LogP contribution in [0.3, 0.4) is 0 Å². The molecule has 2 aromatic heterocycles. The summed E-state index contributed by atoms with van der Waals surface area (Å²) in [6.07, 6.45) is 0. The van der Waals surface area contributed by atoms with Crippen LogP contribution in [0.1, 0.15) is 38.9 Å². The van der Waals surface area contributed by atoms with Gasteiger partial charge in [-0.25, -0.2) is 4.98 Å². The molecule has 0 bridgehead atoms. The van der Waals surface area contributed by atoms with Crippen LogP contribution in [0.5, 0.6) is 5.75 Å². The fourth-order valence-electron chi connectivity index (χ4n) is 3.83. The molecule has 0 aliphatic rings. The third-order valence-corrected chi connectivity index (χ3v) is 6.05. The molecule has 0 saturated carbocycles. The average Bonchev–Trinajstić information content (AvgIpc) is 3.17. The lowest BCUT2D eigenvalue weighted by molar-refractivity contribution is 0.472. The number of nitrogens with zero attached hydrogens (tertiary/aromatic N) is 1. The molecule has 2 aromatic carbocycles. The molecule has 1 atom stereocenters. The molecule has 28 heavy (non-hydrogen) atoms. The molecule has 4 heteroatoms. The van der Waals surface area contributed by atoms with Gasteiger partial charge in [-0.05, 0) is 56.3 Å². The molecule has 142 valence electrons.